The highest BCUT2D eigenvalue weighted by molar-refractivity contribution is 7.89. The molecule has 1 heterocycles. The van der Waals surface area contributed by atoms with Crippen LogP contribution in [0.5, 0.6) is 0 Å². The molecular formula is C12H15F3N2O2S. The van der Waals surface area contributed by atoms with Gasteiger partial charge in [0.15, 0.2) is 17.5 Å². The van der Waals surface area contributed by atoms with E-state index in [9.17, 15) is 21.6 Å². The van der Waals surface area contributed by atoms with Gasteiger partial charge in [0.1, 0.15) is 4.90 Å². The van der Waals surface area contributed by atoms with Crippen LogP contribution in [0.15, 0.2) is 17.0 Å². The first-order valence-electron chi connectivity index (χ1n) is 6.28. The molecule has 0 unspecified atom stereocenters. The Kier molecular flexibility index (Phi) is 4.66. The van der Waals surface area contributed by atoms with Crippen molar-refractivity contribution in [3.8, 4) is 0 Å². The van der Waals surface area contributed by atoms with Crippen molar-refractivity contribution in [1.29, 1.82) is 0 Å². The van der Waals surface area contributed by atoms with Gasteiger partial charge in [0.25, 0.3) is 0 Å². The van der Waals surface area contributed by atoms with Crippen LogP contribution in [0.3, 0.4) is 0 Å². The Bertz CT molecular complexity index is 587. The molecule has 4 nitrogen and oxygen atoms in total. The lowest BCUT2D eigenvalue weighted by Crippen LogP contribution is -2.31. The van der Waals surface area contributed by atoms with Gasteiger partial charge in [-0.1, -0.05) is 0 Å². The van der Waals surface area contributed by atoms with Crippen LogP contribution in [-0.2, 0) is 10.0 Å². The predicted molar refractivity (Wildman–Crippen MR) is 67.1 cm³/mol. The Hall–Kier alpha value is -1.12. The van der Waals surface area contributed by atoms with Gasteiger partial charge in [-0.2, -0.15) is 0 Å². The SMILES string of the molecule is O=S(=O)(NCC[C@H]1CCCN1)c1ccc(F)c(F)c1F. The van der Waals surface area contributed by atoms with Crippen LogP contribution in [0.25, 0.3) is 0 Å². The lowest BCUT2D eigenvalue weighted by Gasteiger charge is -2.11. The third-order valence-corrected chi connectivity index (χ3v) is 4.72. The molecule has 0 aromatic heterocycles. The van der Waals surface area contributed by atoms with Gasteiger partial charge < -0.3 is 5.32 Å². The molecule has 1 aliphatic rings. The average molecular weight is 308 g/mol. The number of hydrogen-bond donors (Lipinski definition) is 2. The molecule has 0 saturated carbocycles. The molecule has 1 saturated heterocycles. The van der Waals surface area contributed by atoms with Crippen molar-refractivity contribution in [3.63, 3.8) is 0 Å². The van der Waals surface area contributed by atoms with Crippen molar-refractivity contribution in [2.45, 2.75) is 30.2 Å². The van der Waals surface area contributed by atoms with Crippen molar-refractivity contribution in [1.82, 2.24) is 10.0 Å². The summed E-state index contributed by atoms with van der Waals surface area (Å²) in [6, 6.07) is 1.53. The zero-order valence-corrected chi connectivity index (χ0v) is 11.4. The fourth-order valence-corrected chi connectivity index (χ4v) is 3.28. The molecule has 0 bridgehead atoms. The molecule has 0 radical (unpaired) electrons. The van der Waals surface area contributed by atoms with E-state index in [-0.39, 0.29) is 12.6 Å². The second kappa shape index (κ2) is 6.11. The topological polar surface area (TPSA) is 58.2 Å². The third kappa shape index (κ3) is 3.31. The number of sulfonamides is 1. The van der Waals surface area contributed by atoms with E-state index in [1.54, 1.807) is 0 Å². The summed E-state index contributed by atoms with van der Waals surface area (Å²) in [4.78, 5) is -0.879. The fourth-order valence-electron chi connectivity index (χ4n) is 2.16. The Morgan fingerprint density at radius 1 is 1.25 bits per heavy atom. The minimum absolute atomic E-state index is 0.110. The molecule has 1 atom stereocenters. The second-order valence-electron chi connectivity index (χ2n) is 4.65. The normalized spacial score (nSPS) is 19.4. The lowest BCUT2D eigenvalue weighted by molar-refractivity contribution is 0.431. The predicted octanol–water partition coefficient (Wildman–Crippen LogP) is 1.52. The number of benzene rings is 1. The molecule has 0 amide bonds. The fraction of sp³-hybridized carbons (Fsp3) is 0.500. The van der Waals surface area contributed by atoms with Gasteiger partial charge in [0.05, 0.1) is 0 Å². The van der Waals surface area contributed by atoms with E-state index in [1.165, 1.54) is 0 Å². The van der Waals surface area contributed by atoms with Crippen molar-refractivity contribution in [3.05, 3.63) is 29.6 Å². The molecule has 8 heteroatoms. The van der Waals surface area contributed by atoms with Gasteiger partial charge in [0, 0.05) is 12.6 Å². The summed E-state index contributed by atoms with van der Waals surface area (Å²) in [5, 5.41) is 3.19. The van der Waals surface area contributed by atoms with Crippen LogP contribution in [-0.4, -0.2) is 27.5 Å². The highest BCUT2D eigenvalue weighted by Crippen LogP contribution is 2.19. The van der Waals surface area contributed by atoms with Crippen LogP contribution in [0.1, 0.15) is 19.3 Å². The second-order valence-corrected chi connectivity index (χ2v) is 6.39. The maximum atomic E-state index is 13.4. The first-order valence-corrected chi connectivity index (χ1v) is 7.76. The summed E-state index contributed by atoms with van der Waals surface area (Å²) >= 11 is 0. The number of nitrogens with one attached hydrogen (secondary N) is 2. The monoisotopic (exact) mass is 308 g/mol. The van der Waals surface area contributed by atoms with E-state index in [4.69, 9.17) is 0 Å². The maximum Gasteiger partial charge on any atom is 0.243 e. The van der Waals surface area contributed by atoms with Crippen LogP contribution in [0, 0.1) is 17.5 Å². The smallest absolute Gasteiger partial charge is 0.243 e. The van der Waals surface area contributed by atoms with E-state index < -0.39 is 32.4 Å². The molecule has 1 aromatic rings. The Balaban J connectivity index is 2.04. The Morgan fingerprint density at radius 3 is 2.65 bits per heavy atom. The number of rotatable bonds is 5. The molecule has 2 rings (SSSR count). The standard InChI is InChI=1S/C12H15F3N2O2S/c13-9-3-4-10(12(15)11(9)14)20(18,19)17-7-5-8-2-1-6-16-8/h3-4,8,16-17H,1-2,5-7H2/t8-/m1/s1. The zero-order valence-electron chi connectivity index (χ0n) is 10.6. The van der Waals surface area contributed by atoms with Gasteiger partial charge in [-0.25, -0.2) is 26.3 Å². The van der Waals surface area contributed by atoms with E-state index in [0.29, 0.717) is 18.6 Å². The van der Waals surface area contributed by atoms with E-state index in [0.717, 1.165) is 19.4 Å². The highest BCUT2D eigenvalue weighted by Gasteiger charge is 2.24. The molecule has 1 aliphatic heterocycles. The van der Waals surface area contributed by atoms with Gasteiger partial charge in [-0.15, -0.1) is 0 Å². The summed E-state index contributed by atoms with van der Waals surface area (Å²) < 4.78 is 65.1. The van der Waals surface area contributed by atoms with E-state index in [2.05, 4.69) is 10.0 Å². The molecule has 20 heavy (non-hydrogen) atoms. The Labute approximate surface area is 115 Å². The van der Waals surface area contributed by atoms with E-state index in [1.807, 2.05) is 0 Å². The van der Waals surface area contributed by atoms with Crippen LogP contribution >= 0.6 is 0 Å². The van der Waals surface area contributed by atoms with Gasteiger partial charge in [-0.05, 0) is 37.9 Å². The zero-order chi connectivity index (χ0) is 14.8. The third-order valence-electron chi connectivity index (χ3n) is 3.24. The molecule has 2 N–H and O–H groups in total. The Morgan fingerprint density at radius 2 is 2.00 bits per heavy atom. The van der Waals surface area contributed by atoms with E-state index >= 15 is 0 Å². The van der Waals surface area contributed by atoms with Crippen LogP contribution in [0.2, 0.25) is 0 Å². The first kappa shape index (κ1) is 15.3. The maximum absolute atomic E-state index is 13.4. The van der Waals surface area contributed by atoms with Gasteiger partial charge >= 0.3 is 0 Å². The van der Waals surface area contributed by atoms with Gasteiger partial charge in [-0.3, -0.25) is 0 Å². The van der Waals surface area contributed by atoms with Crippen molar-refractivity contribution in [2.75, 3.05) is 13.1 Å². The van der Waals surface area contributed by atoms with Crippen molar-refractivity contribution >= 4 is 10.0 Å². The number of halogens is 3. The highest BCUT2D eigenvalue weighted by atomic mass is 32.2. The van der Waals surface area contributed by atoms with Crippen LogP contribution in [0.4, 0.5) is 13.2 Å². The average Bonchev–Trinajstić information content (AvgIpc) is 2.88. The minimum atomic E-state index is -4.18. The molecule has 0 aliphatic carbocycles. The van der Waals surface area contributed by atoms with Crippen LogP contribution < -0.4 is 10.0 Å². The first-order chi connectivity index (χ1) is 9.42. The minimum Gasteiger partial charge on any atom is -0.314 e. The molecule has 112 valence electrons. The quantitative estimate of drug-likeness (QED) is 0.811. The van der Waals surface area contributed by atoms with Gasteiger partial charge in [0.2, 0.25) is 10.0 Å². The van der Waals surface area contributed by atoms with Crippen molar-refractivity contribution < 1.29 is 21.6 Å². The molecular weight excluding hydrogens is 293 g/mol. The summed E-state index contributed by atoms with van der Waals surface area (Å²) in [6.45, 7) is 1.01. The summed E-state index contributed by atoms with van der Waals surface area (Å²) in [5.41, 5.74) is 0. The lowest BCUT2D eigenvalue weighted by atomic mass is 10.2. The van der Waals surface area contributed by atoms with Crippen molar-refractivity contribution in [2.24, 2.45) is 0 Å². The summed E-state index contributed by atoms with van der Waals surface area (Å²) in [6.07, 6.45) is 2.56. The molecule has 1 aromatic carbocycles. The number of hydrogen-bond acceptors (Lipinski definition) is 3. The summed E-state index contributed by atoms with van der Waals surface area (Å²) in [7, 11) is -4.18. The molecule has 1 fully saturated rings. The summed E-state index contributed by atoms with van der Waals surface area (Å²) in [5.74, 6) is -4.90. The largest absolute Gasteiger partial charge is 0.314 e. The molecule has 0 spiro atoms.